The van der Waals surface area contributed by atoms with Crippen LogP contribution >= 0.6 is 0 Å². The van der Waals surface area contributed by atoms with Crippen molar-refractivity contribution in [1.82, 2.24) is 9.88 Å². The van der Waals surface area contributed by atoms with Crippen molar-refractivity contribution in [1.29, 1.82) is 0 Å². The third-order valence-electron chi connectivity index (χ3n) is 2.80. The molecule has 0 aliphatic heterocycles. The van der Waals surface area contributed by atoms with E-state index in [1.54, 1.807) is 6.92 Å². The van der Waals surface area contributed by atoms with Crippen molar-refractivity contribution in [3.8, 4) is 0 Å². The van der Waals surface area contributed by atoms with E-state index >= 15 is 0 Å². The second kappa shape index (κ2) is 6.69. The van der Waals surface area contributed by atoms with E-state index in [-0.39, 0.29) is 17.8 Å². The van der Waals surface area contributed by atoms with Crippen molar-refractivity contribution in [3.05, 3.63) is 28.1 Å². The Bertz CT molecular complexity index is 523. The summed E-state index contributed by atoms with van der Waals surface area (Å²) in [5.41, 5.74) is -0.0924. The molecule has 2 N–H and O–H groups in total. The largest absolute Gasteiger partial charge is 0.480 e. The third kappa shape index (κ3) is 3.56. The lowest BCUT2D eigenvalue weighted by molar-refractivity contribution is -0.384. The molecule has 0 saturated heterocycles. The summed E-state index contributed by atoms with van der Waals surface area (Å²) in [6.07, 6.45) is 2.21. The normalized spacial score (nSPS) is 11.9. The zero-order chi connectivity index (χ0) is 15.3. The Hall–Kier alpha value is -2.38. The van der Waals surface area contributed by atoms with Crippen molar-refractivity contribution in [2.24, 2.45) is 0 Å². The minimum atomic E-state index is -1.14. The first kappa shape index (κ1) is 15.7. The molecular formula is C12H17N3O5. The van der Waals surface area contributed by atoms with Crippen LogP contribution in [0.4, 0.5) is 5.69 Å². The number of amides is 1. The summed E-state index contributed by atoms with van der Waals surface area (Å²) in [6.45, 7) is 3.95. The number of carboxylic acids is 1. The molecular weight excluding hydrogens is 266 g/mol. The summed E-state index contributed by atoms with van der Waals surface area (Å²) >= 11 is 0. The summed E-state index contributed by atoms with van der Waals surface area (Å²) in [5, 5.41) is 22.0. The van der Waals surface area contributed by atoms with Crippen LogP contribution in [0.1, 0.15) is 37.2 Å². The van der Waals surface area contributed by atoms with Crippen LogP contribution in [0.2, 0.25) is 0 Å². The Kier molecular flexibility index (Phi) is 5.24. The fourth-order valence-corrected chi connectivity index (χ4v) is 1.78. The molecule has 1 heterocycles. The number of rotatable bonds is 7. The molecule has 0 radical (unpaired) electrons. The number of nitro groups is 1. The van der Waals surface area contributed by atoms with Gasteiger partial charge in [-0.05, 0) is 12.8 Å². The first-order valence-electron chi connectivity index (χ1n) is 6.28. The van der Waals surface area contributed by atoms with E-state index in [4.69, 9.17) is 5.11 Å². The maximum absolute atomic E-state index is 12.0. The maximum Gasteiger partial charge on any atom is 0.326 e. The highest BCUT2D eigenvalue weighted by molar-refractivity contribution is 5.96. The van der Waals surface area contributed by atoms with Crippen molar-refractivity contribution in [2.75, 3.05) is 0 Å². The van der Waals surface area contributed by atoms with E-state index < -0.39 is 22.8 Å². The number of hydrogen-bond acceptors (Lipinski definition) is 4. The summed E-state index contributed by atoms with van der Waals surface area (Å²) in [5.74, 6) is -1.76. The van der Waals surface area contributed by atoms with E-state index in [1.165, 1.54) is 10.8 Å². The number of carbonyl (C=O) groups is 2. The topological polar surface area (TPSA) is 114 Å². The fourth-order valence-electron chi connectivity index (χ4n) is 1.78. The van der Waals surface area contributed by atoms with Crippen LogP contribution in [0.25, 0.3) is 0 Å². The average molecular weight is 283 g/mol. The van der Waals surface area contributed by atoms with Gasteiger partial charge in [-0.3, -0.25) is 14.9 Å². The number of carboxylic acid groups (broad SMARTS) is 1. The minimum absolute atomic E-state index is 0.0956. The lowest BCUT2D eigenvalue weighted by Gasteiger charge is -2.13. The van der Waals surface area contributed by atoms with Gasteiger partial charge in [-0.25, -0.2) is 4.79 Å². The maximum atomic E-state index is 12.0. The number of nitrogens with zero attached hydrogens (tertiary/aromatic N) is 2. The number of aliphatic carboxylic acids is 1. The van der Waals surface area contributed by atoms with E-state index in [2.05, 4.69) is 5.32 Å². The van der Waals surface area contributed by atoms with Crippen LogP contribution in [0.3, 0.4) is 0 Å². The standard InChI is InChI=1S/C12H17N3O5/c1-3-5-14-7-8(15(19)20)6-10(14)11(16)13-9(4-2)12(17)18/h6-7,9H,3-5H2,1-2H3,(H,13,16)(H,17,18). The van der Waals surface area contributed by atoms with Gasteiger partial charge in [-0.1, -0.05) is 13.8 Å². The molecule has 0 aliphatic rings. The molecule has 1 atom stereocenters. The van der Waals surface area contributed by atoms with Gasteiger partial charge in [-0.15, -0.1) is 0 Å². The van der Waals surface area contributed by atoms with Crippen LogP contribution in [-0.4, -0.2) is 32.5 Å². The van der Waals surface area contributed by atoms with Crippen LogP contribution in [0.5, 0.6) is 0 Å². The summed E-state index contributed by atoms with van der Waals surface area (Å²) in [6, 6.07) is 0.145. The third-order valence-corrected chi connectivity index (χ3v) is 2.80. The van der Waals surface area contributed by atoms with Gasteiger partial charge in [0.05, 0.1) is 11.1 Å². The van der Waals surface area contributed by atoms with Crippen molar-refractivity contribution in [2.45, 2.75) is 39.3 Å². The lowest BCUT2D eigenvalue weighted by atomic mass is 10.2. The molecule has 0 fully saturated rings. The number of aromatic nitrogens is 1. The Morgan fingerprint density at radius 1 is 1.50 bits per heavy atom. The van der Waals surface area contributed by atoms with Crippen LogP contribution in [0.15, 0.2) is 12.3 Å². The lowest BCUT2D eigenvalue weighted by Crippen LogP contribution is -2.40. The molecule has 0 spiro atoms. The molecule has 1 aromatic heterocycles. The predicted octanol–water partition coefficient (Wildman–Crippen LogP) is 1.40. The van der Waals surface area contributed by atoms with Gasteiger partial charge in [0.1, 0.15) is 11.7 Å². The highest BCUT2D eigenvalue weighted by Crippen LogP contribution is 2.17. The predicted molar refractivity (Wildman–Crippen MR) is 70.6 cm³/mol. The second-order valence-corrected chi connectivity index (χ2v) is 4.31. The zero-order valence-corrected chi connectivity index (χ0v) is 11.3. The van der Waals surface area contributed by atoms with Gasteiger partial charge in [0.25, 0.3) is 11.6 Å². The van der Waals surface area contributed by atoms with Crippen molar-refractivity contribution in [3.63, 3.8) is 0 Å². The minimum Gasteiger partial charge on any atom is -0.480 e. The Morgan fingerprint density at radius 3 is 2.60 bits per heavy atom. The van der Waals surface area contributed by atoms with Crippen molar-refractivity contribution >= 4 is 17.6 Å². The SMILES string of the molecule is CCCn1cc([N+](=O)[O-])cc1C(=O)NC(CC)C(=O)O. The number of carbonyl (C=O) groups excluding carboxylic acids is 1. The molecule has 1 unspecified atom stereocenters. The molecule has 0 bridgehead atoms. The molecule has 1 aromatic rings. The molecule has 1 rings (SSSR count). The quantitative estimate of drug-likeness (QED) is 0.579. The molecule has 8 nitrogen and oxygen atoms in total. The molecule has 8 heteroatoms. The van der Waals surface area contributed by atoms with Crippen molar-refractivity contribution < 1.29 is 19.6 Å². The number of aryl methyl sites for hydroxylation is 1. The van der Waals surface area contributed by atoms with Gasteiger partial charge in [0.15, 0.2) is 0 Å². The first-order chi connectivity index (χ1) is 9.40. The second-order valence-electron chi connectivity index (χ2n) is 4.31. The highest BCUT2D eigenvalue weighted by Gasteiger charge is 2.23. The van der Waals surface area contributed by atoms with E-state index in [0.29, 0.717) is 13.0 Å². The van der Waals surface area contributed by atoms with Gasteiger partial charge >= 0.3 is 5.97 Å². The van der Waals surface area contributed by atoms with Crippen LogP contribution in [0, 0.1) is 10.1 Å². The highest BCUT2D eigenvalue weighted by atomic mass is 16.6. The van der Waals surface area contributed by atoms with Gasteiger partial charge in [-0.2, -0.15) is 0 Å². The fraction of sp³-hybridized carbons (Fsp3) is 0.500. The van der Waals surface area contributed by atoms with Gasteiger partial charge in [0.2, 0.25) is 0 Å². The molecule has 0 aliphatic carbocycles. The molecule has 0 saturated carbocycles. The Morgan fingerprint density at radius 2 is 2.15 bits per heavy atom. The first-order valence-corrected chi connectivity index (χ1v) is 6.28. The van der Waals surface area contributed by atoms with Crippen LogP contribution in [-0.2, 0) is 11.3 Å². The average Bonchev–Trinajstić information content (AvgIpc) is 2.80. The summed E-state index contributed by atoms with van der Waals surface area (Å²) < 4.78 is 1.46. The molecule has 1 amide bonds. The Labute approximate surface area is 115 Å². The number of nitrogens with one attached hydrogen (secondary N) is 1. The summed E-state index contributed by atoms with van der Waals surface area (Å²) in [7, 11) is 0. The Balaban J connectivity index is 3.01. The van der Waals surface area contributed by atoms with E-state index in [9.17, 15) is 19.7 Å². The summed E-state index contributed by atoms with van der Waals surface area (Å²) in [4.78, 5) is 33.1. The molecule has 20 heavy (non-hydrogen) atoms. The van der Waals surface area contributed by atoms with E-state index in [0.717, 1.165) is 6.07 Å². The van der Waals surface area contributed by atoms with E-state index in [1.807, 2.05) is 6.92 Å². The van der Waals surface area contributed by atoms with Gasteiger partial charge in [0, 0.05) is 12.6 Å². The number of hydrogen-bond donors (Lipinski definition) is 2. The van der Waals surface area contributed by atoms with Crippen LogP contribution < -0.4 is 5.32 Å². The zero-order valence-electron chi connectivity index (χ0n) is 11.3. The molecule has 110 valence electrons. The smallest absolute Gasteiger partial charge is 0.326 e. The molecule has 0 aromatic carbocycles. The van der Waals surface area contributed by atoms with Gasteiger partial charge < -0.3 is 15.0 Å². The monoisotopic (exact) mass is 283 g/mol.